The van der Waals surface area contributed by atoms with Gasteiger partial charge in [0.25, 0.3) is 0 Å². The second-order valence-corrected chi connectivity index (χ2v) is 5.37. The summed E-state index contributed by atoms with van der Waals surface area (Å²) >= 11 is 5.82. The molecule has 3 heteroatoms. The van der Waals surface area contributed by atoms with Gasteiger partial charge in [-0.2, -0.15) is 0 Å². The number of aryl methyl sites for hydroxylation is 1. The lowest BCUT2D eigenvalue weighted by Crippen LogP contribution is -2.11. The van der Waals surface area contributed by atoms with E-state index >= 15 is 0 Å². The summed E-state index contributed by atoms with van der Waals surface area (Å²) in [4.78, 5) is 11.8. The van der Waals surface area contributed by atoms with Crippen molar-refractivity contribution >= 4 is 16.8 Å². The molecule has 2 nitrogen and oxygen atoms in total. The maximum atomic E-state index is 11.8. The maximum absolute atomic E-state index is 11.8. The Kier molecular flexibility index (Phi) is 5.40. The van der Waals surface area contributed by atoms with E-state index in [1.165, 1.54) is 0 Å². The smallest absolute Gasteiger partial charge is 0.229 e. The van der Waals surface area contributed by atoms with Gasteiger partial charge in [0.1, 0.15) is 5.75 Å². The quantitative estimate of drug-likeness (QED) is 0.735. The van der Waals surface area contributed by atoms with Crippen molar-refractivity contribution < 1.29 is 9.53 Å². The summed E-state index contributed by atoms with van der Waals surface area (Å²) < 4.78 is 5.42. The Morgan fingerprint density at radius 1 is 1.14 bits per heavy atom. The molecule has 0 aliphatic heterocycles. The molecule has 2 rings (SSSR count). The second-order valence-electron chi connectivity index (χ2n) is 4.99. The van der Waals surface area contributed by atoms with Gasteiger partial charge < -0.3 is 4.74 Å². The fourth-order valence-corrected chi connectivity index (χ4v) is 2.61. The molecule has 0 amide bonds. The topological polar surface area (TPSA) is 26.3 Å². The van der Waals surface area contributed by atoms with Crippen molar-refractivity contribution in [3.8, 4) is 5.75 Å². The number of benzene rings is 2. The van der Waals surface area contributed by atoms with E-state index in [0.717, 1.165) is 22.4 Å². The molecular formula is C18H19ClO2. The first-order chi connectivity index (χ1) is 10.1. The van der Waals surface area contributed by atoms with Crippen molar-refractivity contribution in [2.45, 2.75) is 26.2 Å². The third-order valence-corrected chi connectivity index (χ3v) is 3.78. The molecular weight excluding hydrogens is 284 g/mol. The van der Waals surface area contributed by atoms with Crippen molar-refractivity contribution in [3.05, 3.63) is 65.2 Å². The molecule has 0 radical (unpaired) electrons. The molecule has 0 heterocycles. The fourth-order valence-electron chi connectivity index (χ4n) is 2.41. The van der Waals surface area contributed by atoms with Gasteiger partial charge in [-0.3, -0.25) is 4.79 Å². The predicted molar refractivity (Wildman–Crippen MR) is 86.1 cm³/mol. The number of hydrogen-bond acceptors (Lipinski definition) is 2. The summed E-state index contributed by atoms with van der Waals surface area (Å²) in [5.41, 5.74) is 3.15. The summed E-state index contributed by atoms with van der Waals surface area (Å²) in [7, 11) is 0. The molecule has 0 N–H and O–H groups in total. The van der Waals surface area contributed by atoms with Crippen LogP contribution in [0.15, 0.2) is 48.5 Å². The van der Waals surface area contributed by atoms with Gasteiger partial charge in [-0.05, 0) is 60.7 Å². The highest BCUT2D eigenvalue weighted by Crippen LogP contribution is 2.27. The summed E-state index contributed by atoms with van der Waals surface area (Å²) in [5.74, 6) is 0.525. The number of halogens is 1. The fraction of sp³-hybridized carbons (Fsp3) is 0.278. The van der Waals surface area contributed by atoms with Crippen molar-refractivity contribution in [2.24, 2.45) is 0 Å². The Morgan fingerprint density at radius 3 is 2.38 bits per heavy atom. The number of ether oxygens (including phenoxy) is 1. The van der Waals surface area contributed by atoms with E-state index in [-0.39, 0.29) is 11.2 Å². The van der Waals surface area contributed by atoms with Gasteiger partial charge in [-0.1, -0.05) is 36.4 Å². The molecule has 0 bridgehead atoms. The lowest BCUT2D eigenvalue weighted by molar-refractivity contribution is -0.113. The van der Waals surface area contributed by atoms with Crippen LogP contribution in [0.2, 0.25) is 0 Å². The van der Waals surface area contributed by atoms with Crippen LogP contribution in [0.4, 0.5) is 0 Å². The second kappa shape index (κ2) is 7.28. The van der Waals surface area contributed by atoms with E-state index in [9.17, 15) is 4.79 Å². The monoisotopic (exact) mass is 302 g/mol. The first-order valence-electron chi connectivity index (χ1n) is 7.08. The average molecular weight is 303 g/mol. The Labute approximate surface area is 130 Å². The summed E-state index contributed by atoms with van der Waals surface area (Å²) in [5, 5.41) is -0.321. The first-order valence-corrected chi connectivity index (χ1v) is 7.46. The molecule has 2 aromatic rings. The Morgan fingerprint density at radius 2 is 1.81 bits per heavy atom. The van der Waals surface area contributed by atoms with E-state index in [1.807, 2.05) is 62.4 Å². The average Bonchev–Trinajstić information content (AvgIpc) is 2.47. The van der Waals surface area contributed by atoms with Crippen LogP contribution in [-0.4, -0.2) is 11.8 Å². The molecule has 21 heavy (non-hydrogen) atoms. The highest BCUT2D eigenvalue weighted by atomic mass is 35.5. The van der Waals surface area contributed by atoms with Crippen LogP contribution in [0.3, 0.4) is 0 Å². The highest BCUT2D eigenvalue weighted by Gasteiger charge is 2.20. The molecule has 0 aliphatic carbocycles. The van der Waals surface area contributed by atoms with Crippen LogP contribution in [0.5, 0.6) is 5.75 Å². The first kappa shape index (κ1) is 15.6. The number of rotatable bonds is 6. The van der Waals surface area contributed by atoms with E-state index in [4.69, 9.17) is 16.3 Å². The highest BCUT2D eigenvalue weighted by molar-refractivity contribution is 6.64. The number of hydrogen-bond donors (Lipinski definition) is 0. The van der Waals surface area contributed by atoms with Gasteiger partial charge >= 0.3 is 0 Å². The molecule has 2 aromatic carbocycles. The van der Waals surface area contributed by atoms with Gasteiger partial charge in [-0.15, -0.1) is 0 Å². The van der Waals surface area contributed by atoms with E-state index in [1.54, 1.807) is 0 Å². The zero-order valence-electron chi connectivity index (χ0n) is 12.3. The van der Waals surface area contributed by atoms with Gasteiger partial charge in [0, 0.05) is 0 Å². The van der Waals surface area contributed by atoms with Crippen LogP contribution in [-0.2, 0) is 11.2 Å². The number of carbonyl (C=O) groups excluding carboxylic acids is 1. The SMILES string of the molecule is CCOc1ccc(CC(C(=O)Cl)c2ccccc2C)cc1. The minimum absolute atomic E-state index is 0.314. The van der Waals surface area contributed by atoms with Crippen LogP contribution >= 0.6 is 11.6 Å². The molecule has 0 aromatic heterocycles. The van der Waals surface area contributed by atoms with Gasteiger partial charge in [0.2, 0.25) is 5.24 Å². The standard InChI is InChI=1S/C18H19ClO2/c1-3-21-15-10-8-14(9-11-15)12-17(18(19)20)16-7-5-4-6-13(16)2/h4-11,17H,3,12H2,1-2H3. The van der Waals surface area contributed by atoms with Crippen molar-refractivity contribution in [2.75, 3.05) is 6.61 Å². The third kappa shape index (κ3) is 4.08. The molecule has 0 spiro atoms. The van der Waals surface area contributed by atoms with Gasteiger partial charge in [-0.25, -0.2) is 0 Å². The van der Waals surface area contributed by atoms with Crippen molar-refractivity contribution in [3.63, 3.8) is 0 Å². The Bertz CT molecular complexity index is 605. The van der Waals surface area contributed by atoms with E-state index in [0.29, 0.717) is 13.0 Å². The summed E-state index contributed by atoms with van der Waals surface area (Å²) in [6.45, 7) is 4.60. The molecule has 0 saturated heterocycles. The van der Waals surface area contributed by atoms with Crippen molar-refractivity contribution in [1.82, 2.24) is 0 Å². The zero-order chi connectivity index (χ0) is 15.2. The van der Waals surface area contributed by atoms with Gasteiger partial charge in [0.15, 0.2) is 0 Å². The molecule has 0 aliphatic rings. The summed E-state index contributed by atoms with van der Waals surface area (Å²) in [6.07, 6.45) is 0.597. The van der Waals surface area contributed by atoms with Crippen LogP contribution in [0.25, 0.3) is 0 Å². The number of carbonyl (C=O) groups is 1. The zero-order valence-corrected chi connectivity index (χ0v) is 13.1. The van der Waals surface area contributed by atoms with E-state index in [2.05, 4.69) is 0 Å². The van der Waals surface area contributed by atoms with Crippen LogP contribution in [0, 0.1) is 6.92 Å². The largest absolute Gasteiger partial charge is 0.494 e. The predicted octanol–water partition coefficient (Wildman–Crippen LogP) is 4.49. The van der Waals surface area contributed by atoms with Crippen LogP contribution in [0.1, 0.15) is 29.5 Å². The molecule has 1 unspecified atom stereocenters. The normalized spacial score (nSPS) is 12.0. The molecule has 1 atom stereocenters. The maximum Gasteiger partial charge on any atom is 0.229 e. The minimum atomic E-state index is -0.321. The lowest BCUT2D eigenvalue weighted by atomic mass is 9.90. The van der Waals surface area contributed by atoms with E-state index < -0.39 is 0 Å². The lowest BCUT2D eigenvalue weighted by Gasteiger charge is -2.16. The van der Waals surface area contributed by atoms with Crippen LogP contribution < -0.4 is 4.74 Å². The molecule has 0 saturated carbocycles. The Hall–Kier alpha value is -1.80. The Balaban J connectivity index is 2.21. The van der Waals surface area contributed by atoms with Crippen molar-refractivity contribution in [1.29, 1.82) is 0 Å². The summed E-state index contributed by atoms with van der Waals surface area (Å²) in [6, 6.07) is 15.7. The molecule has 0 fully saturated rings. The minimum Gasteiger partial charge on any atom is -0.494 e. The molecule has 110 valence electrons. The third-order valence-electron chi connectivity index (χ3n) is 3.51. The van der Waals surface area contributed by atoms with Gasteiger partial charge in [0.05, 0.1) is 12.5 Å².